The van der Waals surface area contributed by atoms with E-state index in [9.17, 15) is 9.90 Å². The maximum Gasteiger partial charge on any atom is 0.224 e. The summed E-state index contributed by atoms with van der Waals surface area (Å²) in [5.74, 6) is 0.471. The van der Waals surface area contributed by atoms with Gasteiger partial charge >= 0.3 is 0 Å². The van der Waals surface area contributed by atoms with Crippen LogP contribution in [0.25, 0.3) is 0 Å². The van der Waals surface area contributed by atoms with E-state index in [2.05, 4.69) is 5.32 Å². The second kappa shape index (κ2) is 6.86. The molecule has 1 unspecified atom stereocenters. The number of amides is 1. The van der Waals surface area contributed by atoms with Crippen LogP contribution in [0.15, 0.2) is 24.3 Å². The van der Waals surface area contributed by atoms with Crippen LogP contribution in [0.4, 0.5) is 5.69 Å². The zero-order valence-electron chi connectivity index (χ0n) is 12.1. The number of aliphatic hydroxyl groups is 1. The smallest absolute Gasteiger partial charge is 0.224 e. The third-order valence-electron chi connectivity index (χ3n) is 3.72. The molecule has 1 aromatic rings. The summed E-state index contributed by atoms with van der Waals surface area (Å²) in [6.45, 7) is 4.45. The Hall–Kier alpha value is -1.39. The molecule has 1 fully saturated rings. The standard InChI is InChI=1S/C16H23NO3/c1-3-20-15-7-12(8-15)9-16(19)17-14-6-4-5-13(10-14)11(2)18/h4-6,10-12,15,18H,3,7-9H2,1-2H3,(H,17,19). The number of carbonyl (C=O) groups excluding carboxylic acids is 1. The Kier molecular flexibility index (Phi) is 5.15. The van der Waals surface area contributed by atoms with Crippen LogP contribution in [-0.4, -0.2) is 23.7 Å². The number of carbonyl (C=O) groups is 1. The van der Waals surface area contributed by atoms with Crippen molar-refractivity contribution >= 4 is 11.6 Å². The highest BCUT2D eigenvalue weighted by Crippen LogP contribution is 2.32. The first-order valence-corrected chi connectivity index (χ1v) is 7.28. The minimum atomic E-state index is -0.523. The van der Waals surface area contributed by atoms with E-state index in [1.54, 1.807) is 6.92 Å². The van der Waals surface area contributed by atoms with E-state index in [0.717, 1.165) is 30.7 Å². The maximum atomic E-state index is 11.9. The van der Waals surface area contributed by atoms with Gasteiger partial charge in [-0.15, -0.1) is 0 Å². The van der Waals surface area contributed by atoms with Crippen molar-refractivity contribution in [2.45, 2.75) is 45.3 Å². The van der Waals surface area contributed by atoms with Crippen molar-refractivity contribution < 1.29 is 14.6 Å². The molecule has 20 heavy (non-hydrogen) atoms. The molecule has 1 atom stereocenters. The van der Waals surface area contributed by atoms with Crippen LogP contribution in [0.1, 0.15) is 44.8 Å². The molecular weight excluding hydrogens is 254 g/mol. The first-order valence-electron chi connectivity index (χ1n) is 7.28. The minimum Gasteiger partial charge on any atom is -0.389 e. The number of aliphatic hydroxyl groups excluding tert-OH is 1. The normalized spacial score (nSPS) is 22.9. The van der Waals surface area contributed by atoms with Crippen molar-refractivity contribution in [3.8, 4) is 0 Å². The predicted octanol–water partition coefficient (Wildman–Crippen LogP) is 2.88. The average molecular weight is 277 g/mol. The molecule has 0 spiro atoms. The van der Waals surface area contributed by atoms with Crippen molar-refractivity contribution in [2.24, 2.45) is 5.92 Å². The summed E-state index contributed by atoms with van der Waals surface area (Å²) >= 11 is 0. The number of ether oxygens (including phenoxy) is 1. The molecule has 1 aliphatic rings. The summed E-state index contributed by atoms with van der Waals surface area (Å²) in [6.07, 6.45) is 2.33. The van der Waals surface area contributed by atoms with E-state index < -0.39 is 6.10 Å². The molecule has 110 valence electrons. The van der Waals surface area contributed by atoms with Gasteiger partial charge in [-0.1, -0.05) is 12.1 Å². The molecule has 4 nitrogen and oxygen atoms in total. The Bertz CT molecular complexity index is 453. The lowest BCUT2D eigenvalue weighted by Crippen LogP contribution is -2.33. The van der Waals surface area contributed by atoms with Crippen LogP contribution in [0.5, 0.6) is 0 Å². The summed E-state index contributed by atoms with van der Waals surface area (Å²) in [5.41, 5.74) is 1.55. The topological polar surface area (TPSA) is 58.6 Å². The predicted molar refractivity (Wildman–Crippen MR) is 78.5 cm³/mol. The lowest BCUT2D eigenvalue weighted by Gasteiger charge is -2.34. The average Bonchev–Trinajstić information content (AvgIpc) is 2.36. The van der Waals surface area contributed by atoms with Crippen LogP contribution >= 0.6 is 0 Å². The Morgan fingerprint density at radius 2 is 2.25 bits per heavy atom. The SMILES string of the molecule is CCOC1CC(CC(=O)Nc2cccc(C(C)O)c2)C1. The highest BCUT2D eigenvalue weighted by molar-refractivity contribution is 5.91. The minimum absolute atomic E-state index is 0.0349. The summed E-state index contributed by atoms with van der Waals surface area (Å²) in [4.78, 5) is 11.9. The van der Waals surface area contributed by atoms with Crippen molar-refractivity contribution in [2.75, 3.05) is 11.9 Å². The molecular formula is C16H23NO3. The molecule has 4 heteroatoms. The zero-order chi connectivity index (χ0) is 14.5. The number of anilines is 1. The van der Waals surface area contributed by atoms with Gasteiger partial charge in [-0.2, -0.15) is 0 Å². The van der Waals surface area contributed by atoms with E-state index >= 15 is 0 Å². The van der Waals surface area contributed by atoms with Gasteiger partial charge in [-0.25, -0.2) is 0 Å². The quantitative estimate of drug-likeness (QED) is 0.840. The molecule has 0 aromatic heterocycles. The molecule has 1 amide bonds. The molecule has 0 heterocycles. The monoisotopic (exact) mass is 277 g/mol. The van der Waals surface area contributed by atoms with E-state index in [-0.39, 0.29) is 5.91 Å². The molecule has 0 radical (unpaired) electrons. The van der Waals surface area contributed by atoms with Crippen LogP contribution in [0.2, 0.25) is 0 Å². The molecule has 0 aliphatic heterocycles. The first-order chi connectivity index (χ1) is 9.58. The van der Waals surface area contributed by atoms with Gasteiger partial charge in [0.15, 0.2) is 0 Å². The third kappa shape index (κ3) is 4.05. The molecule has 1 aliphatic carbocycles. The second-order valence-electron chi connectivity index (χ2n) is 5.47. The van der Waals surface area contributed by atoms with Crippen molar-refractivity contribution in [1.82, 2.24) is 0 Å². The van der Waals surface area contributed by atoms with Gasteiger partial charge in [0.05, 0.1) is 12.2 Å². The Labute approximate surface area is 120 Å². The molecule has 2 N–H and O–H groups in total. The van der Waals surface area contributed by atoms with E-state index in [0.29, 0.717) is 18.4 Å². The molecule has 0 bridgehead atoms. The molecule has 1 aromatic carbocycles. The van der Waals surface area contributed by atoms with E-state index in [1.807, 2.05) is 31.2 Å². The van der Waals surface area contributed by atoms with Gasteiger partial charge in [-0.05, 0) is 50.3 Å². The maximum absolute atomic E-state index is 11.9. The van der Waals surface area contributed by atoms with Crippen LogP contribution in [0, 0.1) is 5.92 Å². The molecule has 1 saturated carbocycles. The van der Waals surface area contributed by atoms with Crippen LogP contribution in [0.3, 0.4) is 0 Å². The summed E-state index contributed by atoms with van der Waals surface area (Å²) in [6, 6.07) is 7.34. The van der Waals surface area contributed by atoms with Crippen molar-refractivity contribution in [3.05, 3.63) is 29.8 Å². The first kappa shape index (κ1) is 15.0. The number of nitrogens with one attached hydrogen (secondary N) is 1. The molecule has 0 saturated heterocycles. The van der Waals surface area contributed by atoms with Gasteiger partial charge < -0.3 is 15.2 Å². The number of hydrogen-bond acceptors (Lipinski definition) is 3. The summed E-state index contributed by atoms with van der Waals surface area (Å²) in [5, 5.41) is 12.4. The van der Waals surface area contributed by atoms with Gasteiger partial charge in [0, 0.05) is 18.7 Å². The van der Waals surface area contributed by atoms with Gasteiger partial charge in [0.1, 0.15) is 0 Å². The van der Waals surface area contributed by atoms with Gasteiger partial charge in [0.25, 0.3) is 0 Å². The van der Waals surface area contributed by atoms with Gasteiger partial charge in [-0.3, -0.25) is 4.79 Å². The number of benzene rings is 1. The lowest BCUT2D eigenvalue weighted by molar-refractivity contribution is -0.119. The summed E-state index contributed by atoms with van der Waals surface area (Å²) < 4.78 is 5.49. The van der Waals surface area contributed by atoms with Crippen molar-refractivity contribution in [3.63, 3.8) is 0 Å². The lowest BCUT2D eigenvalue weighted by atomic mass is 9.80. The Morgan fingerprint density at radius 1 is 1.50 bits per heavy atom. The summed E-state index contributed by atoms with van der Waals surface area (Å²) in [7, 11) is 0. The van der Waals surface area contributed by atoms with Crippen LogP contribution < -0.4 is 5.32 Å². The second-order valence-corrected chi connectivity index (χ2v) is 5.47. The Morgan fingerprint density at radius 3 is 2.90 bits per heavy atom. The van der Waals surface area contributed by atoms with Crippen LogP contribution in [-0.2, 0) is 9.53 Å². The fourth-order valence-electron chi connectivity index (χ4n) is 2.56. The van der Waals surface area contributed by atoms with E-state index in [1.165, 1.54) is 0 Å². The fraction of sp³-hybridized carbons (Fsp3) is 0.562. The third-order valence-corrected chi connectivity index (χ3v) is 3.72. The van der Waals surface area contributed by atoms with E-state index in [4.69, 9.17) is 4.74 Å². The largest absolute Gasteiger partial charge is 0.389 e. The fourth-order valence-corrected chi connectivity index (χ4v) is 2.56. The highest BCUT2D eigenvalue weighted by atomic mass is 16.5. The van der Waals surface area contributed by atoms with Gasteiger partial charge in [0.2, 0.25) is 5.91 Å². The molecule has 2 rings (SSSR count). The number of rotatable bonds is 6. The van der Waals surface area contributed by atoms with Crippen molar-refractivity contribution in [1.29, 1.82) is 0 Å². The Balaban J connectivity index is 1.79. The number of hydrogen-bond donors (Lipinski definition) is 2. The highest BCUT2D eigenvalue weighted by Gasteiger charge is 2.30. The zero-order valence-corrected chi connectivity index (χ0v) is 12.1.